The lowest BCUT2D eigenvalue weighted by molar-refractivity contribution is -0.141. The normalized spacial score (nSPS) is 17.0. The minimum Gasteiger partial charge on any atom is -0.497 e. The molecular formula is C20H24N2O5. The number of rotatable bonds is 5. The zero-order chi connectivity index (χ0) is 19.6. The van der Waals surface area contributed by atoms with Gasteiger partial charge in [-0.1, -0.05) is 0 Å². The molecule has 1 saturated heterocycles. The van der Waals surface area contributed by atoms with Crippen molar-refractivity contribution < 1.29 is 24.2 Å². The molecule has 1 fully saturated rings. The number of ether oxygens (including phenoxy) is 2. The van der Waals surface area contributed by atoms with Gasteiger partial charge in [-0.15, -0.1) is 0 Å². The quantitative estimate of drug-likeness (QED) is 0.872. The third-order valence-electron chi connectivity index (χ3n) is 4.82. The molecule has 0 saturated carbocycles. The van der Waals surface area contributed by atoms with Crippen molar-refractivity contribution in [3.05, 3.63) is 47.3 Å². The van der Waals surface area contributed by atoms with Crippen molar-refractivity contribution in [1.82, 2.24) is 9.47 Å². The van der Waals surface area contributed by atoms with E-state index in [4.69, 9.17) is 14.6 Å². The number of methoxy groups -OCH3 is 1. The van der Waals surface area contributed by atoms with Gasteiger partial charge in [-0.25, -0.2) is 0 Å². The number of aromatic nitrogens is 1. The van der Waals surface area contributed by atoms with Gasteiger partial charge < -0.3 is 24.0 Å². The summed E-state index contributed by atoms with van der Waals surface area (Å²) < 4.78 is 12.7. The molecular weight excluding hydrogens is 348 g/mol. The summed E-state index contributed by atoms with van der Waals surface area (Å²) in [6, 6.07) is 9.54. The van der Waals surface area contributed by atoms with Crippen LogP contribution in [0.2, 0.25) is 0 Å². The molecule has 1 N–H and O–H groups in total. The average molecular weight is 372 g/mol. The lowest BCUT2D eigenvalue weighted by Crippen LogP contribution is -2.46. The third-order valence-corrected chi connectivity index (χ3v) is 4.82. The van der Waals surface area contributed by atoms with Gasteiger partial charge in [-0.3, -0.25) is 9.59 Å². The van der Waals surface area contributed by atoms with E-state index in [0.717, 1.165) is 22.8 Å². The molecule has 144 valence electrons. The number of hydrogen-bond donors (Lipinski definition) is 1. The maximum Gasteiger partial charge on any atom is 0.306 e. The van der Waals surface area contributed by atoms with E-state index >= 15 is 0 Å². The molecule has 1 aromatic carbocycles. The van der Waals surface area contributed by atoms with E-state index in [9.17, 15) is 9.59 Å². The highest BCUT2D eigenvalue weighted by Gasteiger charge is 2.28. The number of morpholine rings is 1. The lowest BCUT2D eigenvalue weighted by Gasteiger charge is -2.32. The number of aryl methyl sites for hydroxylation is 1. The third kappa shape index (κ3) is 3.98. The zero-order valence-electron chi connectivity index (χ0n) is 15.8. The molecule has 0 unspecified atom stereocenters. The van der Waals surface area contributed by atoms with E-state index in [-0.39, 0.29) is 18.9 Å². The molecule has 0 radical (unpaired) electrons. The molecule has 0 bridgehead atoms. The van der Waals surface area contributed by atoms with Crippen LogP contribution in [-0.4, -0.2) is 59.4 Å². The molecule has 0 aliphatic carbocycles. The van der Waals surface area contributed by atoms with Crippen LogP contribution in [0, 0.1) is 13.8 Å². The van der Waals surface area contributed by atoms with E-state index in [1.165, 1.54) is 0 Å². The molecule has 1 aliphatic heterocycles. The van der Waals surface area contributed by atoms with Crippen LogP contribution < -0.4 is 4.74 Å². The summed E-state index contributed by atoms with van der Waals surface area (Å²) in [5.74, 6) is -0.246. The fraction of sp³-hybridized carbons (Fsp3) is 0.400. The number of carbonyl (C=O) groups is 2. The number of aliphatic carboxylic acids is 1. The van der Waals surface area contributed by atoms with Gasteiger partial charge >= 0.3 is 5.97 Å². The summed E-state index contributed by atoms with van der Waals surface area (Å²) in [6.45, 7) is 4.97. The molecule has 2 heterocycles. The fourth-order valence-corrected chi connectivity index (χ4v) is 3.50. The number of hydrogen-bond acceptors (Lipinski definition) is 4. The van der Waals surface area contributed by atoms with E-state index < -0.39 is 12.1 Å². The Balaban J connectivity index is 1.84. The van der Waals surface area contributed by atoms with Gasteiger partial charge in [0.2, 0.25) is 0 Å². The highest BCUT2D eigenvalue weighted by atomic mass is 16.5. The van der Waals surface area contributed by atoms with E-state index in [2.05, 4.69) is 0 Å². The number of nitrogens with zero attached hydrogens (tertiary/aromatic N) is 2. The topological polar surface area (TPSA) is 81.0 Å². The Bertz CT molecular complexity index is 841. The number of carbonyl (C=O) groups excluding carboxylic acids is 1. The first-order valence-electron chi connectivity index (χ1n) is 8.86. The number of carboxylic acid groups (broad SMARTS) is 1. The van der Waals surface area contributed by atoms with Crippen LogP contribution in [0.4, 0.5) is 0 Å². The largest absolute Gasteiger partial charge is 0.497 e. The molecule has 27 heavy (non-hydrogen) atoms. The summed E-state index contributed by atoms with van der Waals surface area (Å²) in [4.78, 5) is 25.6. The van der Waals surface area contributed by atoms with Crippen molar-refractivity contribution in [3.63, 3.8) is 0 Å². The van der Waals surface area contributed by atoms with Crippen molar-refractivity contribution in [2.45, 2.75) is 26.4 Å². The standard InChI is InChI=1S/C20H24N2O5/c1-13-10-18(14(2)22(13)15-4-6-16(26-3)7-5-15)20(25)21-8-9-27-17(12-21)11-19(23)24/h4-7,10,17H,8-9,11-12H2,1-3H3,(H,23,24)/t17-/m0/s1. The SMILES string of the molecule is COc1ccc(-n2c(C)cc(C(=O)N3CCO[C@@H](CC(=O)O)C3)c2C)cc1. The Kier molecular flexibility index (Phi) is 5.51. The van der Waals surface area contributed by atoms with Crippen LogP contribution in [0.15, 0.2) is 30.3 Å². The molecule has 1 aromatic heterocycles. The monoisotopic (exact) mass is 372 g/mol. The summed E-state index contributed by atoms with van der Waals surface area (Å²) in [5, 5.41) is 8.96. The molecule has 2 aromatic rings. The van der Waals surface area contributed by atoms with Gasteiger partial charge in [0.15, 0.2) is 0 Å². The molecule has 7 nitrogen and oxygen atoms in total. The Morgan fingerprint density at radius 2 is 1.96 bits per heavy atom. The van der Waals surface area contributed by atoms with Crippen LogP contribution in [0.1, 0.15) is 28.2 Å². The highest BCUT2D eigenvalue weighted by molar-refractivity contribution is 5.96. The maximum absolute atomic E-state index is 13.0. The highest BCUT2D eigenvalue weighted by Crippen LogP contribution is 2.24. The van der Waals surface area contributed by atoms with E-state index in [0.29, 0.717) is 18.7 Å². The van der Waals surface area contributed by atoms with Crippen LogP contribution in [-0.2, 0) is 9.53 Å². The summed E-state index contributed by atoms with van der Waals surface area (Å²) in [6.07, 6.45) is -0.570. The molecule has 1 aliphatic rings. The first kappa shape index (κ1) is 19.0. The first-order chi connectivity index (χ1) is 12.9. The first-order valence-corrected chi connectivity index (χ1v) is 8.86. The smallest absolute Gasteiger partial charge is 0.306 e. The van der Waals surface area contributed by atoms with E-state index in [1.807, 2.05) is 48.7 Å². The Hall–Kier alpha value is -2.80. The van der Waals surface area contributed by atoms with Gasteiger partial charge in [0.1, 0.15) is 5.75 Å². The van der Waals surface area contributed by atoms with Crippen molar-refractivity contribution in [2.75, 3.05) is 26.8 Å². The Labute approximate surface area is 158 Å². The van der Waals surface area contributed by atoms with Crippen molar-refractivity contribution in [1.29, 1.82) is 0 Å². The van der Waals surface area contributed by atoms with Crippen LogP contribution in [0.25, 0.3) is 5.69 Å². The van der Waals surface area contributed by atoms with Gasteiger partial charge in [-0.05, 0) is 44.2 Å². The van der Waals surface area contributed by atoms with Gasteiger partial charge in [0, 0.05) is 30.2 Å². The minimum absolute atomic E-state index is 0.0958. The number of benzene rings is 1. The molecule has 0 spiro atoms. The Morgan fingerprint density at radius 1 is 1.26 bits per heavy atom. The van der Waals surface area contributed by atoms with Crippen molar-refractivity contribution in [3.8, 4) is 11.4 Å². The summed E-state index contributed by atoms with van der Waals surface area (Å²) >= 11 is 0. The second-order valence-electron chi connectivity index (χ2n) is 6.66. The van der Waals surface area contributed by atoms with Crippen molar-refractivity contribution >= 4 is 11.9 Å². The summed E-state index contributed by atoms with van der Waals surface area (Å²) in [7, 11) is 1.62. The van der Waals surface area contributed by atoms with Gasteiger partial charge in [0.05, 0.1) is 31.8 Å². The van der Waals surface area contributed by atoms with Crippen LogP contribution >= 0.6 is 0 Å². The predicted molar refractivity (Wildman–Crippen MR) is 99.7 cm³/mol. The average Bonchev–Trinajstić information content (AvgIpc) is 2.95. The second kappa shape index (κ2) is 7.84. The number of carboxylic acids is 1. The van der Waals surface area contributed by atoms with Gasteiger partial charge in [-0.2, -0.15) is 0 Å². The van der Waals surface area contributed by atoms with Gasteiger partial charge in [0.25, 0.3) is 5.91 Å². The molecule has 1 amide bonds. The van der Waals surface area contributed by atoms with Crippen LogP contribution in [0.3, 0.4) is 0 Å². The fourth-order valence-electron chi connectivity index (χ4n) is 3.50. The zero-order valence-corrected chi connectivity index (χ0v) is 15.8. The molecule has 7 heteroatoms. The molecule has 3 rings (SSSR count). The number of amides is 1. The minimum atomic E-state index is -0.924. The van der Waals surface area contributed by atoms with Crippen LogP contribution in [0.5, 0.6) is 5.75 Å². The Morgan fingerprint density at radius 3 is 2.59 bits per heavy atom. The maximum atomic E-state index is 13.0. The lowest BCUT2D eigenvalue weighted by atomic mass is 10.1. The second-order valence-corrected chi connectivity index (χ2v) is 6.66. The predicted octanol–water partition coefficient (Wildman–Crippen LogP) is 2.42. The summed E-state index contributed by atoms with van der Waals surface area (Å²) in [5.41, 5.74) is 3.38. The molecule has 1 atom stereocenters. The van der Waals surface area contributed by atoms with Crippen molar-refractivity contribution in [2.24, 2.45) is 0 Å². The van der Waals surface area contributed by atoms with E-state index in [1.54, 1.807) is 12.0 Å².